The highest BCUT2D eigenvalue weighted by molar-refractivity contribution is 5.94. The first-order valence-corrected chi connectivity index (χ1v) is 13.3. The lowest BCUT2D eigenvalue weighted by Crippen LogP contribution is -2.40. The Kier molecular flexibility index (Phi) is 9.28. The molecule has 3 aromatic rings. The highest BCUT2D eigenvalue weighted by Gasteiger charge is 2.19. The van der Waals surface area contributed by atoms with E-state index in [0.717, 1.165) is 11.1 Å². The fourth-order valence-electron chi connectivity index (χ4n) is 4.16. The third-order valence-corrected chi connectivity index (χ3v) is 6.18. The molecule has 1 aliphatic heterocycles. The second kappa shape index (κ2) is 12.8. The molecule has 0 bridgehead atoms. The average molecular weight is 549 g/mol. The van der Waals surface area contributed by atoms with E-state index in [1.807, 2.05) is 45.0 Å². The van der Waals surface area contributed by atoms with E-state index in [-0.39, 0.29) is 35.1 Å². The predicted molar refractivity (Wildman–Crippen MR) is 152 cm³/mol. The van der Waals surface area contributed by atoms with Crippen molar-refractivity contribution in [2.24, 2.45) is 7.05 Å². The van der Waals surface area contributed by atoms with Gasteiger partial charge in [0.05, 0.1) is 43.1 Å². The van der Waals surface area contributed by atoms with Crippen LogP contribution in [0.15, 0.2) is 53.5 Å². The zero-order chi connectivity index (χ0) is 28.7. The van der Waals surface area contributed by atoms with Gasteiger partial charge in [0.2, 0.25) is 5.91 Å². The first-order chi connectivity index (χ1) is 19.1. The number of pyridine rings is 1. The van der Waals surface area contributed by atoms with Crippen molar-refractivity contribution in [2.75, 3.05) is 44.8 Å². The monoisotopic (exact) mass is 548 g/mol. The lowest BCUT2D eigenvalue weighted by molar-refractivity contribution is -0.121. The quantitative estimate of drug-likeness (QED) is 0.391. The lowest BCUT2D eigenvalue weighted by Gasteiger charge is -2.26. The van der Waals surface area contributed by atoms with Crippen LogP contribution < -0.4 is 16.2 Å². The summed E-state index contributed by atoms with van der Waals surface area (Å²) in [5.74, 6) is 0.219. The highest BCUT2D eigenvalue weighted by Crippen LogP contribution is 2.21. The third kappa shape index (κ3) is 7.96. The number of aromatic nitrogens is 3. The predicted octanol–water partition coefficient (Wildman–Crippen LogP) is 2.53. The molecule has 11 heteroatoms. The Morgan fingerprint density at radius 1 is 1.10 bits per heavy atom. The largest absolute Gasteiger partial charge is 0.378 e. The fourth-order valence-corrected chi connectivity index (χ4v) is 4.16. The molecule has 0 radical (unpaired) electrons. The summed E-state index contributed by atoms with van der Waals surface area (Å²) in [7, 11) is 1.57. The highest BCUT2D eigenvalue weighted by atomic mass is 16.5. The summed E-state index contributed by atoms with van der Waals surface area (Å²) in [5, 5.41) is 10.3. The Morgan fingerprint density at radius 3 is 2.58 bits per heavy atom. The summed E-state index contributed by atoms with van der Waals surface area (Å²) in [6.07, 6.45) is 1.70. The summed E-state index contributed by atoms with van der Waals surface area (Å²) in [5.41, 5.74) is 2.32. The van der Waals surface area contributed by atoms with Crippen LogP contribution >= 0.6 is 0 Å². The van der Waals surface area contributed by atoms with Gasteiger partial charge < -0.3 is 25.0 Å². The maximum atomic E-state index is 12.8. The van der Waals surface area contributed by atoms with Crippen molar-refractivity contribution < 1.29 is 19.1 Å². The van der Waals surface area contributed by atoms with Crippen molar-refractivity contribution >= 4 is 23.3 Å². The molecule has 212 valence electrons. The van der Waals surface area contributed by atoms with Crippen molar-refractivity contribution in [3.05, 3.63) is 70.1 Å². The first kappa shape index (κ1) is 28.9. The number of morpholine rings is 1. The van der Waals surface area contributed by atoms with Crippen molar-refractivity contribution in [3.8, 4) is 11.3 Å². The number of carbonyl (C=O) groups excluding carboxylic acids is 2. The standard InChI is InChI=1S/C29H36N6O5/c1-29(2,3)40-13-10-30-26(36)17-20-6-5-7-21(16-20)23-18-24(28(38)34(4)33-23)32-25-9-8-22(19-31-25)27(37)35-11-14-39-15-12-35/h5-9,16,18-19H,10-15,17H2,1-4H3,(H,30,36)(H,31,32). The average Bonchev–Trinajstić information content (AvgIpc) is 2.93. The minimum atomic E-state index is -0.327. The van der Waals surface area contributed by atoms with Crippen molar-refractivity contribution in [1.29, 1.82) is 0 Å². The molecule has 2 amide bonds. The van der Waals surface area contributed by atoms with Crippen LogP contribution in [0.5, 0.6) is 0 Å². The van der Waals surface area contributed by atoms with Gasteiger partial charge in [-0.05, 0) is 50.6 Å². The fraction of sp³-hybridized carbons (Fsp3) is 0.414. The van der Waals surface area contributed by atoms with Crippen LogP contribution in [0.25, 0.3) is 11.3 Å². The number of amides is 2. The normalized spacial score (nSPS) is 13.7. The number of ether oxygens (including phenoxy) is 2. The molecule has 0 aliphatic carbocycles. The smallest absolute Gasteiger partial charge is 0.290 e. The van der Waals surface area contributed by atoms with Gasteiger partial charge in [-0.3, -0.25) is 14.4 Å². The summed E-state index contributed by atoms with van der Waals surface area (Å²) < 4.78 is 12.2. The van der Waals surface area contributed by atoms with Gasteiger partial charge in [0.25, 0.3) is 11.5 Å². The van der Waals surface area contributed by atoms with Crippen molar-refractivity contribution in [1.82, 2.24) is 25.0 Å². The van der Waals surface area contributed by atoms with E-state index >= 15 is 0 Å². The van der Waals surface area contributed by atoms with Crippen LogP contribution in [0.3, 0.4) is 0 Å². The van der Waals surface area contributed by atoms with Crippen LogP contribution in [-0.2, 0) is 27.7 Å². The molecule has 0 unspecified atom stereocenters. The Balaban J connectivity index is 1.43. The number of hydrogen-bond acceptors (Lipinski definition) is 8. The third-order valence-electron chi connectivity index (χ3n) is 6.18. The first-order valence-electron chi connectivity index (χ1n) is 13.3. The summed E-state index contributed by atoms with van der Waals surface area (Å²) in [4.78, 5) is 44.0. The number of anilines is 2. The molecular formula is C29H36N6O5. The molecule has 40 heavy (non-hydrogen) atoms. The SMILES string of the molecule is Cn1nc(-c2cccc(CC(=O)NCCOC(C)(C)C)c2)cc(Nc2ccc(C(=O)N3CCOCC3)cn2)c1=O. The number of benzene rings is 1. The van der Waals surface area contributed by atoms with Gasteiger partial charge >= 0.3 is 0 Å². The Bertz CT molecular complexity index is 1390. The van der Waals surface area contributed by atoms with Crippen LogP contribution in [-0.4, -0.2) is 76.5 Å². The zero-order valence-electron chi connectivity index (χ0n) is 23.4. The molecule has 1 aliphatic rings. The van der Waals surface area contributed by atoms with E-state index in [2.05, 4.69) is 20.7 Å². The second-order valence-electron chi connectivity index (χ2n) is 10.5. The lowest BCUT2D eigenvalue weighted by atomic mass is 10.1. The van der Waals surface area contributed by atoms with E-state index in [9.17, 15) is 14.4 Å². The van der Waals surface area contributed by atoms with Gasteiger partial charge in [-0.1, -0.05) is 18.2 Å². The van der Waals surface area contributed by atoms with Gasteiger partial charge in [-0.25, -0.2) is 9.67 Å². The van der Waals surface area contributed by atoms with Crippen LogP contribution in [0.4, 0.5) is 11.5 Å². The topological polar surface area (TPSA) is 128 Å². The Labute approximate surface area is 233 Å². The summed E-state index contributed by atoms with van der Waals surface area (Å²) >= 11 is 0. The molecule has 1 fully saturated rings. The molecule has 2 N–H and O–H groups in total. The minimum absolute atomic E-state index is 0.101. The summed E-state index contributed by atoms with van der Waals surface area (Å²) in [6, 6.07) is 12.5. The molecule has 11 nitrogen and oxygen atoms in total. The van der Waals surface area contributed by atoms with Crippen molar-refractivity contribution in [3.63, 3.8) is 0 Å². The molecule has 1 saturated heterocycles. The molecule has 3 heterocycles. The molecule has 4 rings (SSSR count). The molecule has 0 spiro atoms. The van der Waals surface area contributed by atoms with Gasteiger partial charge in [0.15, 0.2) is 0 Å². The van der Waals surface area contributed by atoms with E-state index in [0.29, 0.717) is 56.5 Å². The van der Waals surface area contributed by atoms with Gasteiger partial charge in [-0.2, -0.15) is 5.10 Å². The zero-order valence-corrected chi connectivity index (χ0v) is 23.4. The van der Waals surface area contributed by atoms with Crippen LogP contribution in [0, 0.1) is 0 Å². The Hall–Kier alpha value is -4.09. The maximum absolute atomic E-state index is 12.8. The molecule has 0 saturated carbocycles. The Morgan fingerprint density at radius 2 is 1.88 bits per heavy atom. The number of rotatable bonds is 9. The number of aryl methyl sites for hydroxylation is 1. The number of hydrogen-bond donors (Lipinski definition) is 2. The maximum Gasteiger partial charge on any atom is 0.290 e. The summed E-state index contributed by atoms with van der Waals surface area (Å²) in [6.45, 7) is 8.92. The minimum Gasteiger partial charge on any atom is -0.378 e. The number of nitrogens with zero attached hydrogens (tertiary/aromatic N) is 4. The molecule has 1 aromatic carbocycles. The van der Waals surface area contributed by atoms with Gasteiger partial charge in [-0.15, -0.1) is 0 Å². The number of nitrogens with one attached hydrogen (secondary N) is 2. The van der Waals surface area contributed by atoms with Crippen LogP contribution in [0.2, 0.25) is 0 Å². The molecule has 0 atom stereocenters. The van der Waals surface area contributed by atoms with Crippen LogP contribution in [0.1, 0.15) is 36.7 Å². The molecular weight excluding hydrogens is 512 g/mol. The van der Waals surface area contributed by atoms with E-state index < -0.39 is 0 Å². The number of carbonyl (C=O) groups is 2. The second-order valence-corrected chi connectivity index (χ2v) is 10.5. The molecule has 2 aromatic heterocycles. The van der Waals surface area contributed by atoms with E-state index in [4.69, 9.17) is 9.47 Å². The van der Waals surface area contributed by atoms with Crippen molar-refractivity contribution in [2.45, 2.75) is 32.8 Å². The van der Waals surface area contributed by atoms with E-state index in [1.165, 1.54) is 10.9 Å². The van der Waals surface area contributed by atoms with E-state index in [1.54, 1.807) is 30.1 Å². The van der Waals surface area contributed by atoms with Gasteiger partial charge in [0.1, 0.15) is 11.5 Å². The van der Waals surface area contributed by atoms with Gasteiger partial charge in [0, 0.05) is 38.4 Å².